The molecule has 2 amide bonds. The van der Waals surface area contributed by atoms with Crippen molar-refractivity contribution in [2.75, 3.05) is 33.4 Å². The Balaban J connectivity index is 2.01. The molecule has 0 radical (unpaired) electrons. The summed E-state index contributed by atoms with van der Waals surface area (Å²) in [6.07, 6.45) is -0.000769. The van der Waals surface area contributed by atoms with E-state index in [1.165, 1.54) is 13.2 Å². The molecule has 2 N–H and O–H groups in total. The van der Waals surface area contributed by atoms with Crippen LogP contribution in [0.15, 0.2) is 18.2 Å². The standard InChI is InChI=1S/C16H21F2N3O3/c1-24-7-5-19-15(22)9-14-16(23)20-4-6-21(14)10-11-2-3-12(17)13(18)8-11/h2-3,8,14H,4-7,9-10H2,1H3,(H,19,22)(H,20,23). The van der Waals surface area contributed by atoms with Crippen LogP contribution in [0.4, 0.5) is 8.78 Å². The van der Waals surface area contributed by atoms with Crippen molar-refractivity contribution in [3.63, 3.8) is 0 Å². The lowest BCUT2D eigenvalue weighted by molar-refractivity contribution is -0.134. The molecule has 1 aromatic rings. The van der Waals surface area contributed by atoms with Crippen molar-refractivity contribution >= 4 is 11.8 Å². The minimum Gasteiger partial charge on any atom is -0.383 e. The third-order valence-corrected chi connectivity index (χ3v) is 3.82. The molecule has 1 saturated heterocycles. The maximum absolute atomic E-state index is 13.3. The summed E-state index contributed by atoms with van der Waals surface area (Å²) < 4.78 is 31.2. The fourth-order valence-electron chi connectivity index (χ4n) is 2.59. The Bertz CT molecular complexity index is 598. The zero-order valence-corrected chi connectivity index (χ0v) is 13.5. The average molecular weight is 341 g/mol. The van der Waals surface area contributed by atoms with Crippen molar-refractivity contribution in [2.45, 2.75) is 19.0 Å². The maximum Gasteiger partial charge on any atom is 0.237 e. The van der Waals surface area contributed by atoms with Gasteiger partial charge in [0.2, 0.25) is 11.8 Å². The summed E-state index contributed by atoms with van der Waals surface area (Å²) in [4.78, 5) is 25.8. The second-order valence-corrected chi connectivity index (χ2v) is 5.57. The second-order valence-electron chi connectivity index (χ2n) is 5.57. The number of nitrogens with zero attached hydrogens (tertiary/aromatic N) is 1. The molecule has 1 unspecified atom stereocenters. The van der Waals surface area contributed by atoms with E-state index in [-0.39, 0.29) is 24.8 Å². The minimum absolute atomic E-state index is 0.000769. The summed E-state index contributed by atoms with van der Waals surface area (Å²) in [7, 11) is 1.53. The third kappa shape index (κ3) is 4.97. The first kappa shape index (κ1) is 18.3. The lowest BCUT2D eigenvalue weighted by Gasteiger charge is -2.34. The molecule has 0 saturated carbocycles. The average Bonchev–Trinajstić information content (AvgIpc) is 2.54. The number of ether oxygens (including phenoxy) is 1. The molecule has 24 heavy (non-hydrogen) atoms. The van der Waals surface area contributed by atoms with Gasteiger partial charge in [-0.25, -0.2) is 8.78 Å². The fourth-order valence-corrected chi connectivity index (χ4v) is 2.59. The lowest BCUT2D eigenvalue weighted by atomic mass is 10.1. The van der Waals surface area contributed by atoms with Gasteiger partial charge >= 0.3 is 0 Å². The zero-order valence-electron chi connectivity index (χ0n) is 13.5. The van der Waals surface area contributed by atoms with Crippen LogP contribution >= 0.6 is 0 Å². The van der Waals surface area contributed by atoms with E-state index in [4.69, 9.17) is 4.74 Å². The van der Waals surface area contributed by atoms with Crippen molar-refractivity contribution < 1.29 is 23.1 Å². The number of amides is 2. The minimum atomic E-state index is -0.928. The molecule has 1 fully saturated rings. The number of hydrogen-bond donors (Lipinski definition) is 2. The highest BCUT2D eigenvalue weighted by Gasteiger charge is 2.31. The third-order valence-electron chi connectivity index (χ3n) is 3.82. The molecule has 0 bridgehead atoms. The molecule has 1 aliphatic heterocycles. The fraction of sp³-hybridized carbons (Fsp3) is 0.500. The molecule has 1 aliphatic rings. The number of carbonyl (C=O) groups excluding carboxylic acids is 2. The Morgan fingerprint density at radius 2 is 2.21 bits per heavy atom. The highest BCUT2D eigenvalue weighted by molar-refractivity contribution is 5.88. The maximum atomic E-state index is 13.3. The SMILES string of the molecule is COCCNC(=O)CC1C(=O)NCCN1Cc1ccc(F)c(F)c1. The number of methoxy groups -OCH3 is 1. The molecule has 0 spiro atoms. The number of rotatable bonds is 7. The first-order valence-corrected chi connectivity index (χ1v) is 7.72. The summed E-state index contributed by atoms with van der Waals surface area (Å²) in [5.41, 5.74) is 0.549. The van der Waals surface area contributed by atoms with Gasteiger partial charge in [-0.3, -0.25) is 14.5 Å². The van der Waals surface area contributed by atoms with E-state index in [1.54, 1.807) is 4.90 Å². The smallest absolute Gasteiger partial charge is 0.237 e. The molecular formula is C16H21F2N3O3. The van der Waals surface area contributed by atoms with Crippen LogP contribution in [0.1, 0.15) is 12.0 Å². The van der Waals surface area contributed by atoms with E-state index in [1.807, 2.05) is 0 Å². The van der Waals surface area contributed by atoms with Crippen molar-refractivity contribution in [3.05, 3.63) is 35.4 Å². The number of piperazine rings is 1. The van der Waals surface area contributed by atoms with Crippen molar-refractivity contribution in [2.24, 2.45) is 0 Å². The van der Waals surface area contributed by atoms with Crippen LogP contribution in [0.25, 0.3) is 0 Å². The van der Waals surface area contributed by atoms with Gasteiger partial charge in [0.25, 0.3) is 0 Å². The Morgan fingerprint density at radius 3 is 2.92 bits per heavy atom. The molecule has 132 valence electrons. The second kappa shape index (κ2) is 8.70. The van der Waals surface area contributed by atoms with E-state index in [0.717, 1.165) is 12.1 Å². The molecular weight excluding hydrogens is 320 g/mol. The number of carbonyl (C=O) groups is 2. The molecule has 6 nitrogen and oxygen atoms in total. The van der Waals surface area contributed by atoms with Gasteiger partial charge in [0.05, 0.1) is 19.1 Å². The van der Waals surface area contributed by atoms with E-state index < -0.39 is 17.7 Å². The van der Waals surface area contributed by atoms with Gasteiger partial charge in [-0.05, 0) is 17.7 Å². The van der Waals surface area contributed by atoms with Gasteiger partial charge in [-0.1, -0.05) is 6.07 Å². The topological polar surface area (TPSA) is 70.7 Å². The predicted molar refractivity (Wildman–Crippen MR) is 83.1 cm³/mol. The summed E-state index contributed by atoms with van der Waals surface area (Å²) >= 11 is 0. The number of nitrogens with one attached hydrogen (secondary N) is 2. The van der Waals surface area contributed by atoms with Gasteiger partial charge in [-0.15, -0.1) is 0 Å². The highest BCUT2D eigenvalue weighted by atomic mass is 19.2. The van der Waals surface area contributed by atoms with Crippen LogP contribution in [0.2, 0.25) is 0 Å². The summed E-state index contributed by atoms with van der Waals surface area (Å²) in [5, 5.41) is 5.39. The molecule has 1 heterocycles. The predicted octanol–water partition coefficient (Wildman–Crippen LogP) is 0.418. The Labute approximate surface area is 139 Å². The van der Waals surface area contributed by atoms with E-state index >= 15 is 0 Å². The van der Waals surface area contributed by atoms with Crippen LogP contribution < -0.4 is 10.6 Å². The van der Waals surface area contributed by atoms with Gasteiger partial charge in [0, 0.05) is 33.3 Å². The zero-order chi connectivity index (χ0) is 17.5. The molecule has 8 heteroatoms. The molecule has 2 rings (SSSR count). The van der Waals surface area contributed by atoms with E-state index in [2.05, 4.69) is 10.6 Å². The van der Waals surface area contributed by atoms with Crippen molar-refractivity contribution in [3.8, 4) is 0 Å². The Kier molecular flexibility index (Phi) is 6.62. The van der Waals surface area contributed by atoms with Crippen LogP contribution in [-0.2, 0) is 20.9 Å². The van der Waals surface area contributed by atoms with E-state index in [9.17, 15) is 18.4 Å². The van der Waals surface area contributed by atoms with Crippen LogP contribution in [-0.4, -0.2) is 56.1 Å². The van der Waals surface area contributed by atoms with Crippen LogP contribution in [0, 0.1) is 11.6 Å². The van der Waals surface area contributed by atoms with Gasteiger partial charge in [0.15, 0.2) is 11.6 Å². The number of benzene rings is 1. The summed E-state index contributed by atoms with van der Waals surface area (Å²) in [6, 6.07) is 2.99. The largest absolute Gasteiger partial charge is 0.383 e. The first-order valence-electron chi connectivity index (χ1n) is 7.72. The van der Waals surface area contributed by atoms with Crippen molar-refractivity contribution in [1.29, 1.82) is 0 Å². The van der Waals surface area contributed by atoms with E-state index in [0.29, 0.717) is 31.8 Å². The van der Waals surface area contributed by atoms with Gasteiger partial charge in [-0.2, -0.15) is 0 Å². The first-order chi connectivity index (χ1) is 11.5. The molecule has 1 atom stereocenters. The molecule has 0 aromatic heterocycles. The highest BCUT2D eigenvalue weighted by Crippen LogP contribution is 2.16. The molecule has 0 aliphatic carbocycles. The monoisotopic (exact) mass is 341 g/mol. The summed E-state index contributed by atoms with van der Waals surface area (Å²) in [5.74, 6) is -2.35. The normalized spacial score (nSPS) is 18.3. The van der Waals surface area contributed by atoms with Gasteiger partial charge in [0.1, 0.15) is 0 Å². The Hall–Kier alpha value is -2.06. The molecule has 1 aromatic carbocycles. The van der Waals surface area contributed by atoms with Crippen LogP contribution in [0.3, 0.4) is 0 Å². The van der Waals surface area contributed by atoms with Crippen molar-refractivity contribution in [1.82, 2.24) is 15.5 Å². The number of halogens is 2. The number of hydrogen-bond acceptors (Lipinski definition) is 4. The van der Waals surface area contributed by atoms with Crippen LogP contribution in [0.5, 0.6) is 0 Å². The quantitative estimate of drug-likeness (QED) is 0.705. The Morgan fingerprint density at radius 1 is 1.42 bits per heavy atom. The summed E-state index contributed by atoms with van der Waals surface area (Å²) in [6.45, 7) is 2.00. The lowest BCUT2D eigenvalue weighted by Crippen LogP contribution is -2.56. The van der Waals surface area contributed by atoms with Gasteiger partial charge < -0.3 is 15.4 Å².